The topological polar surface area (TPSA) is 67.5 Å². The first-order valence-corrected chi connectivity index (χ1v) is 6.15. The van der Waals surface area contributed by atoms with Crippen molar-refractivity contribution in [2.75, 3.05) is 7.11 Å². The number of hydrogen-bond acceptors (Lipinski definition) is 4. The smallest absolute Gasteiger partial charge is 0.222 e. The Kier molecular flexibility index (Phi) is 3.76. The van der Waals surface area contributed by atoms with Crippen molar-refractivity contribution >= 4 is 0 Å². The van der Waals surface area contributed by atoms with Crippen LogP contribution < -0.4 is 4.74 Å². The fourth-order valence-electron chi connectivity index (χ4n) is 2.08. The number of para-hydroxylation sites is 2. The van der Waals surface area contributed by atoms with Gasteiger partial charge in [0.25, 0.3) is 0 Å². The van der Waals surface area contributed by atoms with Crippen LogP contribution in [0, 0.1) is 0 Å². The summed E-state index contributed by atoms with van der Waals surface area (Å²) >= 11 is 0. The number of ether oxygens (including phenoxy) is 1. The summed E-state index contributed by atoms with van der Waals surface area (Å²) in [5, 5.41) is 23.9. The SMILES string of the molecule is COc1c(CO)c(C(C)C)nn1-c1ccccc1O. The van der Waals surface area contributed by atoms with Crippen LogP contribution in [-0.2, 0) is 6.61 Å². The monoisotopic (exact) mass is 262 g/mol. The first-order chi connectivity index (χ1) is 9.10. The van der Waals surface area contributed by atoms with Gasteiger partial charge in [0.05, 0.1) is 25.0 Å². The van der Waals surface area contributed by atoms with E-state index in [1.54, 1.807) is 18.2 Å². The molecule has 102 valence electrons. The van der Waals surface area contributed by atoms with Crippen molar-refractivity contribution in [1.29, 1.82) is 0 Å². The Morgan fingerprint density at radius 2 is 2.00 bits per heavy atom. The summed E-state index contributed by atoms with van der Waals surface area (Å²) < 4.78 is 6.86. The molecular weight excluding hydrogens is 244 g/mol. The summed E-state index contributed by atoms with van der Waals surface area (Å²) in [7, 11) is 1.52. The van der Waals surface area contributed by atoms with E-state index in [2.05, 4.69) is 5.10 Å². The van der Waals surface area contributed by atoms with Crippen molar-refractivity contribution in [2.45, 2.75) is 26.4 Å². The van der Waals surface area contributed by atoms with Crippen LogP contribution in [0.15, 0.2) is 24.3 Å². The molecule has 2 rings (SSSR count). The zero-order chi connectivity index (χ0) is 14.0. The number of methoxy groups -OCH3 is 1. The molecule has 0 aliphatic carbocycles. The summed E-state index contributed by atoms with van der Waals surface area (Å²) in [5.41, 5.74) is 1.95. The van der Waals surface area contributed by atoms with Crippen molar-refractivity contribution in [3.63, 3.8) is 0 Å². The van der Waals surface area contributed by atoms with E-state index < -0.39 is 0 Å². The number of benzene rings is 1. The Morgan fingerprint density at radius 3 is 2.53 bits per heavy atom. The molecule has 1 aromatic carbocycles. The Bertz CT molecular complexity index is 576. The fraction of sp³-hybridized carbons (Fsp3) is 0.357. The molecule has 2 N–H and O–H groups in total. The van der Waals surface area contributed by atoms with Crippen molar-refractivity contribution in [3.05, 3.63) is 35.5 Å². The number of nitrogens with zero attached hydrogens (tertiary/aromatic N) is 2. The van der Waals surface area contributed by atoms with Gasteiger partial charge in [-0.1, -0.05) is 26.0 Å². The molecule has 0 aliphatic heterocycles. The molecule has 0 fully saturated rings. The summed E-state index contributed by atoms with van der Waals surface area (Å²) in [5.74, 6) is 0.721. The van der Waals surface area contributed by atoms with Crippen molar-refractivity contribution in [2.24, 2.45) is 0 Å². The molecule has 0 saturated carbocycles. The molecule has 5 heteroatoms. The summed E-state index contributed by atoms with van der Waals surface area (Å²) in [4.78, 5) is 0. The van der Waals surface area contributed by atoms with Gasteiger partial charge in [0, 0.05) is 0 Å². The summed E-state index contributed by atoms with van der Waals surface area (Å²) in [6.07, 6.45) is 0. The quantitative estimate of drug-likeness (QED) is 0.886. The minimum Gasteiger partial charge on any atom is -0.506 e. The van der Waals surface area contributed by atoms with Crippen molar-refractivity contribution in [3.8, 4) is 17.3 Å². The van der Waals surface area contributed by atoms with E-state index in [9.17, 15) is 10.2 Å². The normalized spacial score (nSPS) is 11.0. The van der Waals surface area contributed by atoms with Gasteiger partial charge < -0.3 is 14.9 Å². The third-order valence-corrected chi connectivity index (χ3v) is 2.98. The maximum absolute atomic E-state index is 9.92. The summed E-state index contributed by atoms with van der Waals surface area (Å²) in [6.45, 7) is 3.84. The van der Waals surface area contributed by atoms with Crippen LogP contribution in [0.5, 0.6) is 11.6 Å². The Balaban J connectivity index is 2.67. The average molecular weight is 262 g/mol. The van der Waals surface area contributed by atoms with Gasteiger partial charge in [-0.25, -0.2) is 0 Å². The van der Waals surface area contributed by atoms with E-state index in [4.69, 9.17) is 4.74 Å². The predicted molar refractivity (Wildman–Crippen MR) is 71.8 cm³/mol. The third kappa shape index (κ3) is 2.29. The second kappa shape index (κ2) is 5.32. The lowest BCUT2D eigenvalue weighted by atomic mass is 10.1. The highest BCUT2D eigenvalue weighted by Gasteiger charge is 2.22. The standard InChI is InChI=1S/C14H18N2O3/c1-9(2)13-10(8-17)14(19-3)16(15-13)11-6-4-5-7-12(11)18/h4-7,9,17-18H,8H2,1-3H3. The van der Waals surface area contributed by atoms with Crippen LogP contribution in [-0.4, -0.2) is 27.1 Å². The Labute approximate surface area is 112 Å². The Hall–Kier alpha value is -2.01. The average Bonchev–Trinajstić information content (AvgIpc) is 2.77. The van der Waals surface area contributed by atoms with Gasteiger partial charge in [0.1, 0.15) is 11.4 Å². The number of aliphatic hydroxyl groups is 1. The van der Waals surface area contributed by atoms with Crippen LogP contribution in [0.2, 0.25) is 0 Å². The van der Waals surface area contributed by atoms with E-state index >= 15 is 0 Å². The van der Waals surface area contributed by atoms with E-state index in [0.29, 0.717) is 17.1 Å². The maximum Gasteiger partial charge on any atom is 0.222 e. The molecule has 19 heavy (non-hydrogen) atoms. The van der Waals surface area contributed by atoms with E-state index in [0.717, 1.165) is 5.69 Å². The molecule has 0 radical (unpaired) electrons. The number of phenols is 1. The maximum atomic E-state index is 9.92. The predicted octanol–water partition coefficient (Wildman–Crippen LogP) is 2.20. The van der Waals surface area contributed by atoms with Crippen molar-refractivity contribution < 1.29 is 14.9 Å². The molecule has 0 atom stereocenters. The lowest BCUT2D eigenvalue weighted by Crippen LogP contribution is -2.01. The highest BCUT2D eigenvalue weighted by Crippen LogP contribution is 2.32. The van der Waals surface area contributed by atoms with E-state index in [1.807, 2.05) is 19.9 Å². The first-order valence-electron chi connectivity index (χ1n) is 6.15. The van der Waals surface area contributed by atoms with Crippen LogP contribution in [0.25, 0.3) is 5.69 Å². The first kappa shape index (κ1) is 13.4. The van der Waals surface area contributed by atoms with Crippen LogP contribution in [0.3, 0.4) is 0 Å². The van der Waals surface area contributed by atoms with Gasteiger partial charge in [-0.3, -0.25) is 0 Å². The highest BCUT2D eigenvalue weighted by atomic mass is 16.5. The molecule has 5 nitrogen and oxygen atoms in total. The zero-order valence-electron chi connectivity index (χ0n) is 11.3. The minimum absolute atomic E-state index is 0.114. The molecular formula is C14H18N2O3. The molecule has 2 aromatic rings. The molecule has 0 spiro atoms. The van der Waals surface area contributed by atoms with E-state index in [-0.39, 0.29) is 18.3 Å². The van der Waals surface area contributed by atoms with E-state index in [1.165, 1.54) is 11.8 Å². The second-order valence-electron chi connectivity index (χ2n) is 4.59. The van der Waals surface area contributed by atoms with Gasteiger partial charge in [-0.2, -0.15) is 9.78 Å². The number of hydrogen-bond donors (Lipinski definition) is 2. The largest absolute Gasteiger partial charge is 0.506 e. The van der Waals surface area contributed by atoms with Crippen LogP contribution in [0.1, 0.15) is 31.0 Å². The van der Waals surface area contributed by atoms with Crippen LogP contribution in [0.4, 0.5) is 0 Å². The second-order valence-corrected chi connectivity index (χ2v) is 4.59. The fourth-order valence-corrected chi connectivity index (χ4v) is 2.08. The lowest BCUT2D eigenvalue weighted by molar-refractivity contribution is 0.270. The molecule has 0 unspecified atom stereocenters. The number of aliphatic hydroxyl groups excluding tert-OH is 1. The lowest BCUT2D eigenvalue weighted by Gasteiger charge is -2.08. The molecule has 0 bridgehead atoms. The highest BCUT2D eigenvalue weighted by molar-refractivity contribution is 5.49. The van der Waals surface area contributed by atoms with Gasteiger partial charge in [0.15, 0.2) is 0 Å². The molecule has 0 saturated heterocycles. The molecule has 0 aliphatic rings. The minimum atomic E-state index is -0.149. The molecule has 1 aromatic heterocycles. The number of rotatable bonds is 4. The number of phenolic OH excluding ortho intramolecular Hbond substituents is 1. The van der Waals surface area contributed by atoms with Crippen LogP contribution >= 0.6 is 0 Å². The number of aromatic nitrogens is 2. The summed E-state index contributed by atoms with van der Waals surface area (Å²) in [6, 6.07) is 6.88. The van der Waals surface area contributed by atoms with Gasteiger partial charge >= 0.3 is 0 Å². The van der Waals surface area contributed by atoms with Gasteiger partial charge in [0.2, 0.25) is 5.88 Å². The zero-order valence-corrected chi connectivity index (χ0v) is 11.3. The van der Waals surface area contributed by atoms with Gasteiger partial charge in [-0.15, -0.1) is 0 Å². The third-order valence-electron chi connectivity index (χ3n) is 2.98. The number of aromatic hydroxyl groups is 1. The molecule has 1 heterocycles. The van der Waals surface area contributed by atoms with Crippen molar-refractivity contribution in [1.82, 2.24) is 9.78 Å². The Morgan fingerprint density at radius 1 is 1.32 bits per heavy atom. The molecule has 0 amide bonds. The van der Waals surface area contributed by atoms with Gasteiger partial charge in [-0.05, 0) is 18.1 Å².